The summed E-state index contributed by atoms with van der Waals surface area (Å²) in [6.45, 7) is 0.943. The summed E-state index contributed by atoms with van der Waals surface area (Å²) in [7, 11) is 3.03. The minimum Gasteiger partial charge on any atom is -0.469 e. The molecule has 0 saturated heterocycles. The highest BCUT2D eigenvalue weighted by atomic mass is 16.5. The Morgan fingerprint density at radius 2 is 2.05 bits per heavy atom. The van der Waals surface area contributed by atoms with Crippen molar-refractivity contribution >= 4 is 22.9 Å². The van der Waals surface area contributed by atoms with E-state index in [1.54, 1.807) is 18.3 Å². The van der Waals surface area contributed by atoms with Gasteiger partial charge in [-0.05, 0) is 12.1 Å². The summed E-state index contributed by atoms with van der Waals surface area (Å²) >= 11 is 0. The minimum atomic E-state index is -0.310. The SMILES string of the molecule is COC(=O)CCN(C)C(=O)CCn1cnc2ccccc21. The van der Waals surface area contributed by atoms with E-state index in [9.17, 15) is 9.59 Å². The van der Waals surface area contributed by atoms with E-state index in [4.69, 9.17) is 0 Å². The van der Waals surface area contributed by atoms with Crippen LogP contribution in [0.3, 0.4) is 0 Å². The van der Waals surface area contributed by atoms with Crippen molar-refractivity contribution in [1.82, 2.24) is 14.5 Å². The zero-order valence-corrected chi connectivity index (χ0v) is 12.3. The Labute approximate surface area is 123 Å². The van der Waals surface area contributed by atoms with E-state index in [0.717, 1.165) is 11.0 Å². The Morgan fingerprint density at radius 1 is 1.29 bits per heavy atom. The standard InChI is InChI=1S/C15H19N3O3/c1-17(9-8-15(20)21-2)14(19)7-10-18-11-16-12-5-3-4-6-13(12)18/h3-6,11H,7-10H2,1-2H3. The van der Waals surface area contributed by atoms with Crippen LogP contribution in [0, 0.1) is 0 Å². The second kappa shape index (κ2) is 6.88. The second-order valence-electron chi connectivity index (χ2n) is 4.82. The third kappa shape index (κ3) is 3.81. The van der Waals surface area contributed by atoms with Crippen LogP contribution < -0.4 is 0 Å². The van der Waals surface area contributed by atoms with Crippen molar-refractivity contribution in [2.75, 3.05) is 20.7 Å². The first kappa shape index (κ1) is 15.0. The molecule has 0 aliphatic carbocycles. The lowest BCUT2D eigenvalue weighted by molar-refractivity contribution is -0.141. The molecule has 0 unspecified atom stereocenters. The largest absolute Gasteiger partial charge is 0.469 e. The lowest BCUT2D eigenvalue weighted by Gasteiger charge is -2.16. The van der Waals surface area contributed by atoms with Crippen molar-refractivity contribution in [1.29, 1.82) is 0 Å². The normalized spacial score (nSPS) is 10.6. The number of aromatic nitrogens is 2. The van der Waals surface area contributed by atoms with Crippen molar-refractivity contribution in [2.24, 2.45) is 0 Å². The predicted octanol–water partition coefficient (Wildman–Crippen LogP) is 1.45. The number of fused-ring (bicyclic) bond motifs is 1. The number of rotatable bonds is 6. The summed E-state index contributed by atoms with van der Waals surface area (Å²) in [5, 5.41) is 0. The predicted molar refractivity (Wildman–Crippen MR) is 78.6 cm³/mol. The molecule has 0 aliphatic rings. The summed E-state index contributed by atoms with van der Waals surface area (Å²) in [6.07, 6.45) is 2.33. The van der Waals surface area contributed by atoms with Gasteiger partial charge in [0.05, 0.1) is 30.9 Å². The number of esters is 1. The average molecular weight is 289 g/mol. The highest BCUT2D eigenvalue weighted by molar-refractivity contribution is 5.78. The van der Waals surface area contributed by atoms with Crippen molar-refractivity contribution < 1.29 is 14.3 Å². The van der Waals surface area contributed by atoms with Gasteiger partial charge in [-0.3, -0.25) is 9.59 Å². The zero-order chi connectivity index (χ0) is 15.2. The highest BCUT2D eigenvalue weighted by Crippen LogP contribution is 2.12. The molecule has 0 spiro atoms. The molecule has 0 aliphatic heterocycles. The van der Waals surface area contributed by atoms with E-state index in [-0.39, 0.29) is 18.3 Å². The van der Waals surface area contributed by atoms with Crippen LogP contribution >= 0.6 is 0 Å². The van der Waals surface area contributed by atoms with Gasteiger partial charge >= 0.3 is 5.97 Å². The molecule has 1 heterocycles. The third-order valence-electron chi connectivity index (χ3n) is 3.40. The first-order chi connectivity index (χ1) is 10.1. The number of hydrogen-bond acceptors (Lipinski definition) is 4. The van der Waals surface area contributed by atoms with Gasteiger partial charge in [0.15, 0.2) is 0 Å². The van der Waals surface area contributed by atoms with Crippen LogP contribution in [0.1, 0.15) is 12.8 Å². The van der Waals surface area contributed by atoms with Crippen molar-refractivity contribution in [3.8, 4) is 0 Å². The van der Waals surface area contributed by atoms with Crippen LogP contribution in [0.5, 0.6) is 0 Å². The van der Waals surface area contributed by atoms with Crippen LogP contribution in [-0.4, -0.2) is 47.0 Å². The highest BCUT2D eigenvalue weighted by Gasteiger charge is 2.11. The van der Waals surface area contributed by atoms with Gasteiger partial charge in [-0.15, -0.1) is 0 Å². The van der Waals surface area contributed by atoms with Crippen molar-refractivity contribution in [3.63, 3.8) is 0 Å². The average Bonchev–Trinajstić information content (AvgIpc) is 2.93. The molecule has 0 fully saturated rings. The number of imidazole rings is 1. The van der Waals surface area contributed by atoms with Crippen molar-refractivity contribution in [2.45, 2.75) is 19.4 Å². The molecule has 6 heteroatoms. The smallest absolute Gasteiger partial charge is 0.307 e. The monoisotopic (exact) mass is 289 g/mol. The minimum absolute atomic E-state index is 0.00307. The Hall–Kier alpha value is -2.37. The fourth-order valence-electron chi connectivity index (χ4n) is 2.08. The summed E-state index contributed by atoms with van der Waals surface area (Å²) < 4.78 is 6.52. The number of amides is 1. The zero-order valence-electron chi connectivity index (χ0n) is 12.3. The van der Waals surface area contributed by atoms with Crippen LogP contribution in [0.2, 0.25) is 0 Å². The summed E-state index contributed by atoms with van der Waals surface area (Å²) in [4.78, 5) is 28.9. The van der Waals surface area contributed by atoms with E-state index in [1.165, 1.54) is 7.11 Å². The quantitative estimate of drug-likeness (QED) is 0.755. The number of hydrogen-bond donors (Lipinski definition) is 0. The number of para-hydroxylation sites is 2. The van der Waals surface area contributed by atoms with Gasteiger partial charge in [0.25, 0.3) is 0 Å². The van der Waals surface area contributed by atoms with Crippen molar-refractivity contribution in [3.05, 3.63) is 30.6 Å². The lowest BCUT2D eigenvalue weighted by Crippen LogP contribution is -2.29. The van der Waals surface area contributed by atoms with Gasteiger partial charge < -0.3 is 14.2 Å². The number of methoxy groups -OCH3 is 1. The summed E-state index contributed by atoms with van der Waals surface area (Å²) in [5.41, 5.74) is 1.94. The first-order valence-electron chi connectivity index (χ1n) is 6.82. The molecule has 0 radical (unpaired) electrons. The number of benzene rings is 1. The molecule has 0 N–H and O–H groups in total. The Kier molecular flexibility index (Phi) is 4.92. The topological polar surface area (TPSA) is 64.4 Å². The molecule has 21 heavy (non-hydrogen) atoms. The molecule has 0 atom stereocenters. The molecule has 112 valence electrons. The van der Waals surface area contributed by atoms with Crippen LogP contribution in [0.25, 0.3) is 11.0 Å². The Bertz CT molecular complexity index is 636. The summed E-state index contributed by atoms with van der Waals surface area (Å²) in [5.74, 6) is -0.313. The molecule has 6 nitrogen and oxygen atoms in total. The molecule has 0 bridgehead atoms. The van der Waals surface area contributed by atoms with E-state index < -0.39 is 0 Å². The Morgan fingerprint density at radius 3 is 2.81 bits per heavy atom. The molecular formula is C15H19N3O3. The molecule has 0 saturated carbocycles. The van der Waals surface area contributed by atoms with Gasteiger partial charge in [-0.1, -0.05) is 12.1 Å². The fourth-order valence-corrected chi connectivity index (χ4v) is 2.08. The van der Waals surface area contributed by atoms with E-state index >= 15 is 0 Å². The lowest BCUT2D eigenvalue weighted by atomic mass is 10.3. The number of ether oxygens (including phenoxy) is 1. The van der Waals surface area contributed by atoms with Gasteiger partial charge in [0.1, 0.15) is 0 Å². The molecule has 1 amide bonds. The van der Waals surface area contributed by atoms with Gasteiger partial charge in [0, 0.05) is 26.6 Å². The van der Waals surface area contributed by atoms with Gasteiger partial charge in [-0.25, -0.2) is 4.98 Å². The number of carbonyl (C=O) groups is 2. The maximum atomic E-state index is 12.0. The van der Waals surface area contributed by atoms with E-state index in [2.05, 4.69) is 9.72 Å². The number of nitrogens with zero attached hydrogens (tertiary/aromatic N) is 3. The molecule has 2 rings (SSSR count). The molecule has 2 aromatic rings. The van der Waals surface area contributed by atoms with Gasteiger partial charge in [-0.2, -0.15) is 0 Å². The van der Waals surface area contributed by atoms with Crippen LogP contribution in [0.15, 0.2) is 30.6 Å². The Balaban J connectivity index is 1.87. The summed E-state index contributed by atoms with van der Waals surface area (Å²) in [6, 6.07) is 7.81. The van der Waals surface area contributed by atoms with E-state index in [0.29, 0.717) is 19.5 Å². The third-order valence-corrected chi connectivity index (χ3v) is 3.40. The second-order valence-corrected chi connectivity index (χ2v) is 4.82. The molecule has 1 aromatic heterocycles. The maximum Gasteiger partial charge on any atom is 0.307 e. The van der Waals surface area contributed by atoms with Crippen LogP contribution in [-0.2, 0) is 20.9 Å². The first-order valence-corrected chi connectivity index (χ1v) is 6.82. The number of carbonyl (C=O) groups excluding carboxylic acids is 2. The number of aryl methyl sites for hydroxylation is 1. The van der Waals surface area contributed by atoms with E-state index in [1.807, 2.05) is 28.8 Å². The van der Waals surface area contributed by atoms with Crippen LogP contribution in [0.4, 0.5) is 0 Å². The van der Waals surface area contributed by atoms with Gasteiger partial charge in [0.2, 0.25) is 5.91 Å². The molecule has 1 aromatic carbocycles. The fraction of sp³-hybridized carbons (Fsp3) is 0.400. The molecular weight excluding hydrogens is 270 g/mol. The maximum absolute atomic E-state index is 12.0.